The third-order valence-corrected chi connectivity index (χ3v) is 5.89. The van der Waals surface area contributed by atoms with E-state index in [9.17, 15) is 9.59 Å². The van der Waals surface area contributed by atoms with Gasteiger partial charge in [0.15, 0.2) is 10.6 Å². The molecular weight excluding hydrogens is 410 g/mol. The second-order valence-electron chi connectivity index (χ2n) is 8.26. The smallest absolute Gasteiger partial charge is 0.407 e. The molecule has 0 aliphatic carbocycles. The Morgan fingerprint density at radius 2 is 2.17 bits per heavy atom. The molecule has 3 heterocycles. The van der Waals surface area contributed by atoms with Crippen LogP contribution < -0.4 is 5.32 Å². The maximum Gasteiger partial charge on any atom is 0.407 e. The van der Waals surface area contributed by atoms with Gasteiger partial charge in [0, 0.05) is 26.1 Å². The number of H-pyrrole nitrogens is 1. The van der Waals surface area contributed by atoms with Crippen LogP contribution in [0.5, 0.6) is 0 Å². The number of ether oxygens (including phenoxy) is 1. The summed E-state index contributed by atoms with van der Waals surface area (Å²) in [6.45, 7) is 9.04. The summed E-state index contributed by atoms with van der Waals surface area (Å²) in [7, 11) is 0. The van der Waals surface area contributed by atoms with E-state index in [1.54, 1.807) is 16.2 Å². The first-order chi connectivity index (χ1) is 13.6. The number of nitrogens with one attached hydrogen (secondary N) is 2. The Morgan fingerprint density at radius 1 is 1.41 bits per heavy atom. The molecule has 2 aromatic rings. The lowest BCUT2D eigenvalue weighted by Gasteiger charge is -2.23. The second kappa shape index (κ2) is 8.66. The van der Waals surface area contributed by atoms with Crippen molar-refractivity contribution in [3.05, 3.63) is 22.3 Å². The molecule has 0 spiro atoms. The van der Waals surface area contributed by atoms with Crippen LogP contribution in [0.15, 0.2) is 17.5 Å². The zero-order valence-electron chi connectivity index (χ0n) is 17.1. The van der Waals surface area contributed by atoms with Gasteiger partial charge >= 0.3 is 6.09 Å². The maximum atomic E-state index is 12.8. The first-order valence-electron chi connectivity index (χ1n) is 9.60. The van der Waals surface area contributed by atoms with Crippen LogP contribution in [0.25, 0.3) is 10.7 Å². The predicted octanol–water partition coefficient (Wildman–Crippen LogP) is 3.43. The highest BCUT2D eigenvalue weighted by Gasteiger charge is 2.34. The van der Waals surface area contributed by atoms with Crippen LogP contribution in [0.1, 0.15) is 34.1 Å². The molecule has 0 radical (unpaired) electrons. The maximum absolute atomic E-state index is 12.8. The van der Waals surface area contributed by atoms with Crippen LogP contribution in [-0.2, 0) is 16.1 Å². The van der Waals surface area contributed by atoms with Crippen LogP contribution in [0.2, 0.25) is 0 Å². The standard InChI is InChI=1S/C19H27N5O3S2/c1-12-10-23(11-13(12)20-18(26)27-19(2,3)4)15(25)7-8-24-16(21-22-17(24)28)14-6-5-9-29-14/h5-6,9,12-13H,7-8,10-11H2,1-4H3,(H,20,26)(H,22,28)/t12-,13+/m0/s1. The van der Waals surface area contributed by atoms with Crippen molar-refractivity contribution in [1.82, 2.24) is 25.0 Å². The van der Waals surface area contributed by atoms with Crippen molar-refractivity contribution in [3.63, 3.8) is 0 Å². The van der Waals surface area contributed by atoms with Crippen LogP contribution in [-0.4, -0.2) is 56.4 Å². The molecule has 3 rings (SSSR count). The average molecular weight is 438 g/mol. The van der Waals surface area contributed by atoms with Crippen molar-refractivity contribution in [3.8, 4) is 10.7 Å². The number of amides is 2. The minimum Gasteiger partial charge on any atom is -0.444 e. The number of nitrogens with zero attached hydrogens (tertiary/aromatic N) is 3. The number of aromatic nitrogens is 3. The Hall–Kier alpha value is -2.20. The van der Waals surface area contributed by atoms with E-state index >= 15 is 0 Å². The molecule has 2 amide bonds. The van der Waals surface area contributed by atoms with Gasteiger partial charge in [0.25, 0.3) is 0 Å². The fraction of sp³-hybridized carbons (Fsp3) is 0.579. The van der Waals surface area contributed by atoms with Gasteiger partial charge in [-0.25, -0.2) is 4.79 Å². The summed E-state index contributed by atoms with van der Waals surface area (Å²) in [5.74, 6) is 0.937. The molecular formula is C19H27N5O3S2. The molecule has 0 unspecified atom stereocenters. The van der Waals surface area contributed by atoms with Crippen molar-refractivity contribution >= 4 is 35.6 Å². The van der Waals surface area contributed by atoms with Crippen LogP contribution in [0, 0.1) is 10.7 Å². The lowest BCUT2D eigenvalue weighted by Crippen LogP contribution is -2.43. The normalized spacial score (nSPS) is 19.4. The van der Waals surface area contributed by atoms with Gasteiger partial charge in [0.1, 0.15) is 5.60 Å². The van der Waals surface area contributed by atoms with Crippen molar-refractivity contribution in [1.29, 1.82) is 0 Å². The summed E-state index contributed by atoms with van der Waals surface area (Å²) >= 11 is 6.90. The fourth-order valence-electron chi connectivity index (χ4n) is 3.30. The zero-order chi connectivity index (χ0) is 21.2. The molecule has 0 aromatic carbocycles. The first kappa shape index (κ1) is 21.5. The Labute approximate surface area is 179 Å². The molecule has 158 valence electrons. The topological polar surface area (TPSA) is 92.3 Å². The zero-order valence-corrected chi connectivity index (χ0v) is 18.7. The molecule has 2 N–H and O–H groups in total. The number of alkyl carbamates (subject to hydrolysis) is 1. The van der Waals surface area contributed by atoms with E-state index in [-0.39, 0.29) is 17.9 Å². The largest absolute Gasteiger partial charge is 0.444 e. The third-order valence-electron chi connectivity index (χ3n) is 4.72. The summed E-state index contributed by atoms with van der Waals surface area (Å²) in [4.78, 5) is 27.6. The van der Waals surface area contributed by atoms with Crippen LogP contribution >= 0.6 is 23.6 Å². The minimum atomic E-state index is -0.550. The Balaban J connectivity index is 1.57. The molecule has 1 saturated heterocycles. The lowest BCUT2D eigenvalue weighted by atomic mass is 10.1. The SMILES string of the molecule is C[C@H]1CN(C(=O)CCn2c(-c3cccs3)n[nH]c2=S)C[C@H]1NC(=O)OC(C)(C)C. The number of rotatable bonds is 5. The van der Waals surface area contributed by atoms with Crippen LogP contribution in [0.3, 0.4) is 0 Å². The highest BCUT2D eigenvalue weighted by Crippen LogP contribution is 2.23. The van der Waals surface area contributed by atoms with Gasteiger partial charge in [0.05, 0.1) is 10.9 Å². The van der Waals surface area contributed by atoms with E-state index in [0.29, 0.717) is 30.8 Å². The van der Waals surface area contributed by atoms with Gasteiger partial charge in [-0.2, -0.15) is 5.10 Å². The van der Waals surface area contributed by atoms with E-state index in [0.717, 1.165) is 10.7 Å². The third kappa shape index (κ3) is 5.45. The predicted molar refractivity (Wildman–Crippen MR) is 114 cm³/mol. The summed E-state index contributed by atoms with van der Waals surface area (Å²) in [5, 5.41) is 12.0. The number of carbonyl (C=O) groups is 2. The van der Waals surface area contributed by atoms with Crippen molar-refractivity contribution in [2.45, 2.75) is 52.3 Å². The minimum absolute atomic E-state index is 0.0329. The molecule has 0 bridgehead atoms. The second-order valence-corrected chi connectivity index (χ2v) is 9.59. The van der Waals surface area contributed by atoms with Crippen LogP contribution in [0.4, 0.5) is 4.79 Å². The number of hydrogen-bond acceptors (Lipinski definition) is 6. The highest BCUT2D eigenvalue weighted by molar-refractivity contribution is 7.71. The van der Waals surface area contributed by atoms with E-state index in [1.165, 1.54) is 0 Å². The molecule has 8 nitrogen and oxygen atoms in total. The molecule has 10 heteroatoms. The fourth-order valence-corrected chi connectivity index (χ4v) is 4.25. The molecule has 1 aliphatic heterocycles. The summed E-state index contributed by atoms with van der Waals surface area (Å²) in [6.07, 6.45) is -0.133. The van der Waals surface area contributed by atoms with Gasteiger partial charge in [-0.3, -0.25) is 14.5 Å². The quantitative estimate of drug-likeness (QED) is 0.699. The monoisotopic (exact) mass is 437 g/mol. The Kier molecular flexibility index (Phi) is 6.42. The van der Waals surface area contributed by atoms with Crippen molar-refractivity contribution in [2.24, 2.45) is 5.92 Å². The highest BCUT2D eigenvalue weighted by atomic mass is 32.1. The van der Waals surface area contributed by atoms with Gasteiger partial charge < -0.3 is 15.0 Å². The summed E-state index contributed by atoms with van der Waals surface area (Å²) < 4.78 is 7.68. The van der Waals surface area contributed by atoms with Gasteiger partial charge in [0.2, 0.25) is 5.91 Å². The Bertz CT molecular complexity index is 913. The summed E-state index contributed by atoms with van der Waals surface area (Å²) in [6, 6.07) is 3.81. The number of likely N-dealkylation sites (tertiary alicyclic amines) is 1. The van der Waals surface area contributed by atoms with E-state index < -0.39 is 11.7 Å². The van der Waals surface area contributed by atoms with Gasteiger partial charge in [-0.15, -0.1) is 11.3 Å². The number of carbonyl (C=O) groups excluding carboxylic acids is 2. The molecule has 1 fully saturated rings. The summed E-state index contributed by atoms with van der Waals surface area (Å²) in [5.41, 5.74) is -0.550. The molecule has 29 heavy (non-hydrogen) atoms. The van der Waals surface area contributed by atoms with Crippen molar-refractivity contribution < 1.29 is 14.3 Å². The number of hydrogen-bond donors (Lipinski definition) is 2. The molecule has 0 saturated carbocycles. The first-order valence-corrected chi connectivity index (χ1v) is 10.9. The number of thiophene rings is 1. The Morgan fingerprint density at radius 3 is 2.83 bits per heavy atom. The van der Waals surface area contributed by atoms with E-state index in [2.05, 4.69) is 15.5 Å². The number of aromatic amines is 1. The molecule has 2 atom stereocenters. The van der Waals surface area contributed by atoms with E-state index in [4.69, 9.17) is 17.0 Å². The van der Waals surface area contributed by atoms with Gasteiger partial charge in [-0.05, 0) is 50.4 Å². The van der Waals surface area contributed by atoms with Crippen molar-refractivity contribution in [2.75, 3.05) is 13.1 Å². The molecule has 1 aliphatic rings. The average Bonchev–Trinajstić information content (AvgIpc) is 3.33. The van der Waals surface area contributed by atoms with E-state index in [1.807, 2.05) is 49.8 Å². The lowest BCUT2D eigenvalue weighted by molar-refractivity contribution is -0.130. The van der Waals surface area contributed by atoms with Gasteiger partial charge in [-0.1, -0.05) is 13.0 Å². The molecule has 2 aromatic heterocycles.